The highest BCUT2D eigenvalue weighted by atomic mass is 32.1. The highest BCUT2D eigenvalue weighted by Crippen LogP contribution is 2.39. The van der Waals surface area contributed by atoms with E-state index in [4.69, 9.17) is 0 Å². The Morgan fingerprint density at radius 1 is 1.21 bits per heavy atom. The van der Waals surface area contributed by atoms with E-state index in [1.807, 2.05) is 6.07 Å². The van der Waals surface area contributed by atoms with E-state index in [2.05, 4.69) is 33.6 Å². The van der Waals surface area contributed by atoms with Crippen molar-refractivity contribution in [2.45, 2.75) is 31.7 Å². The van der Waals surface area contributed by atoms with Crippen LogP contribution in [0, 0.1) is 5.82 Å². The van der Waals surface area contributed by atoms with Gasteiger partial charge in [0.05, 0.1) is 27.1 Å². The van der Waals surface area contributed by atoms with Crippen molar-refractivity contribution in [2.24, 2.45) is 0 Å². The SMILES string of the molecule is CC1NCCCC1c1cc2c(Nc3cc4ncsc4cc3F)ccnc2s1.O. The molecule has 2 unspecified atom stereocenters. The molecule has 5 nitrogen and oxygen atoms in total. The lowest BCUT2D eigenvalue weighted by atomic mass is 9.90. The van der Waals surface area contributed by atoms with Crippen LogP contribution in [0.4, 0.5) is 15.8 Å². The lowest BCUT2D eigenvalue weighted by Gasteiger charge is -2.29. The molecule has 0 bridgehead atoms. The predicted molar refractivity (Wildman–Crippen MR) is 116 cm³/mol. The van der Waals surface area contributed by atoms with Crippen molar-refractivity contribution in [3.63, 3.8) is 0 Å². The van der Waals surface area contributed by atoms with Gasteiger partial charge in [0.15, 0.2) is 0 Å². The number of halogens is 1. The maximum atomic E-state index is 14.5. The summed E-state index contributed by atoms with van der Waals surface area (Å²) < 4.78 is 15.4. The number of thiophene rings is 1. The Hall–Kier alpha value is -2.13. The van der Waals surface area contributed by atoms with Crippen LogP contribution in [0.2, 0.25) is 0 Å². The van der Waals surface area contributed by atoms with Crippen molar-refractivity contribution in [2.75, 3.05) is 11.9 Å². The third-order valence-electron chi connectivity index (χ3n) is 5.27. The van der Waals surface area contributed by atoms with Crippen molar-refractivity contribution in [3.05, 3.63) is 46.7 Å². The van der Waals surface area contributed by atoms with E-state index in [1.165, 1.54) is 29.1 Å². The first-order chi connectivity index (χ1) is 13.2. The van der Waals surface area contributed by atoms with Crippen LogP contribution in [0.15, 0.2) is 36.0 Å². The van der Waals surface area contributed by atoms with Gasteiger partial charge in [-0.15, -0.1) is 22.7 Å². The summed E-state index contributed by atoms with van der Waals surface area (Å²) in [4.78, 5) is 11.2. The van der Waals surface area contributed by atoms with Crippen LogP contribution in [0.3, 0.4) is 0 Å². The van der Waals surface area contributed by atoms with Crippen molar-refractivity contribution >= 4 is 54.5 Å². The summed E-state index contributed by atoms with van der Waals surface area (Å²) in [5.41, 5.74) is 3.87. The van der Waals surface area contributed by atoms with Gasteiger partial charge in [-0.05, 0) is 50.6 Å². The second kappa shape index (κ2) is 7.71. The number of fused-ring (bicyclic) bond motifs is 2. The molecule has 3 aromatic heterocycles. The molecule has 4 aromatic rings. The predicted octanol–water partition coefficient (Wildman–Crippen LogP) is 4.82. The van der Waals surface area contributed by atoms with Crippen molar-refractivity contribution < 1.29 is 9.87 Å². The average Bonchev–Trinajstić information content (AvgIpc) is 3.29. The number of aromatic nitrogens is 2. The Labute approximate surface area is 170 Å². The lowest BCUT2D eigenvalue weighted by molar-refractivity contribution is 0.375. The molecule has 4 heterocycles. The molecule has 146 valence electrons. The Balaban J connectivity index is 0.00000192. The first kappa shape index (κ1) is 19.2. The summed E-state index contributed by atoms with van der Waals surface area (Å²) in [6.45, 7) is 3.34. The number of nitrogens with zero attached hydrogens (tertiary/aromatic N) is 2. The third-order valence-corrected chi connectivity index (χ3v) is 7.24. The zero-order valence-electron chi connectivity index (χ0n) is 15.3. The molecular weight excluding hydrogens is 395 g/mol. The topological polar surface area (TPSA) is 81.3 Å². The molecule has 1 aliphatic rings. The summed E-state index contributed by atoms with van der Waals surface area (Å²) in [5.74, 6) is 0.242. The van der Waals surface area contributed by atoms with E-state index >= 15 is 0 Å². The normalized spacial score (nSPS) is 19.6. The number of hydrogen-bond donors (Lipinski definition) is 2. The fourth-order valence-electron chi connectivity index (χ4n) is 3.80. The lowest BCUT2D eigenvalue weighted by Crippen LogP contribution is -2.37. The van der Waals surface area contributed by atoms with Crippen LogP contribution in [0.1, 0.15) is 30.6 Å². The van der Waals surface area contributed by atoms with Crippen LogP contribution < -0.4 is 10.6 Å². The summed E-state index contributed by atoms with van der Waals surface area (Å²) in [6, 6.07) is 7.91. The second-order valence-corrected chi connectivity index (χ2v) is 8.94. The Morgan fingerprint density at radius 2 is 2.11 bits per heavy atom. The molecule has 0 saturated carbocycles. The number of rotatable bonds is 3. The van der Waals surface area contributed by atoms with E-state index < -0.39 is 0 Å². The first-order valence-electron chi connectivity index (χ1n) is 9.10. The second-order valence-electron chi connectivity index (χ2n) is 6.99. The number of hydrogen-bond acceptors (Lipinski definition) is 6. The van der Waals surface area contributed by atoms with E-state index in [-0.39, 0.29) is 11.3 Å². The number of piperidine rings is 1. The molecular formula is C20H21FN4OS2. The number of pyridine rings is 1. The highest BCUT2D eigenvalue weighted by molar-refractivity contribution is 7.18. The van der Waals surface area contributed by atoms with Crippen molar-refractivity contribution in [1.82, 2.24) is 15.3 Å². The van der Waals surface area contributed by atoms with Gasteiger partial charge in [-0.2, -0.15) is 0 Å². The number of benzene rings is 1. The molecule has 1 aliphatic heterocycles. The van der Waals surface area contributed by atoms with Gasteiger partial charge in [0.25, 0.3) is 0 Å². The number of anilines is 2. The van der Waals surface area contributed by atoms with Crippen LogP contribution in [0.5, 0.6) is 0 Å². The molecule has 8 heteroatoms. The molecule has 1 fully saturated rings. The monoisotopic (exact) mass is 416 g/mol. The van der Waals surface area contributed by atoms with Gasteiger partial charge < -0.3 is 16.1 Å². The highest BCUT2D eigenvalue weighted by Gasteiger charge is 2.25. The van der Waals surface area contributed by atoms with Crippen LogP contribution in [0.25, 0.3) is 20.4 Å². The molecule has 0 radical (unpaired) electrons. The first-order valence-corrected chi connectivity index (χ1v) is 10.8. The molecule has 0 spiro atoms. The largest absolute Gasteiger partial charge is 0.412 e. The van der Waals surface area contributed by atoms with Gasteiger partial charge >= 0.3 is 0 Å². The van der Waals surface area contributed by atoms with Gasteiger partial charge in [0, 0.05) is 28.4 Å². The Bertz CT molecular complexity index is 1130. The minimum absolute atomic E-state index is 0. The molecule has 4 N–H and O–H groups in total. The summed E-state index contributed by atoms with van der Waals surface area (Å²) in [6.07, 6.45) is 4.17. The van der Waals surface area contributed by atoms with E-state index in [0.29, 0.717) is 17.6 Å². The van der Waals surface area contributed by atoms with Gasteiger partial charge in [-0.3, -0.25) is 0 Å². The molecule has 2 atom stereocenters. The van der Waals surface area contributed by atoms with Gasteiger partial charge in [-0.25, -0.2) is 14.4 Å². The zero-order chi connectivity index (χ0) is 18.4. The van der Waals surface area contributed by atoms with Crippen LogP contribution in [-0.4, -0.2) is 28.0 Å². The van der Waals surface area contributed by atoms with Crippen molar-refractivity contribution in [1.29, 1.82) is 0 Å². The molecule has 28 heavy (non-hydrogen) atoms. The molecule has 1 aromatic carbocycles. The Kier molecular flexibility index (Phi) is 5.29. The minimum Gasteiger partial charge on any atom is -0.412 e. The minimum atomic E-state index is -0.266. The quantitative estimate of drug-likeness (QED) is 0.502. The summed E-state index contributed by atoms with van der Waals surface area (Å²) >= 11 is 3.19. The fraction of sp³-hybridized carbons (Fsp3) is 0.300. The third kappa shape index (κ3) is 3.37. The number of nitrogens with one attached hydrogen (secondary N) is 2. The van der Waals surface area contributed by atoms with E-state index in [0.717, 1.165) is 32.7 Å². The maximum absolute atomic E-state index is 14.5. The van der Waals surface area contributed by atoms with Gasteiger partial charge in [-0.1, -0.05) is 0 Å². The molecule has 5 rings (SSSR count). The standard InChI is InChI=1S/C20H19FN4S2.H2O/c1-11-12(3-2-5-22-11)18-7-13-15(4-6-23-20(13)27-18)25-16-9-17-19(8-14(16)21)26-10-24-17;/h4,6-12,22H,2-3,5H2,1H3,(H,23,25);1H2. The van der Waals surface area contributed by atoms with Crippen LogP contribution >= 0.6 is 22.7 Å². The van der Waals surface area contributed by atoms with Crippen LogP contribution in [-0.2, 0) is 0 Å². The average molecular weight is 417 g/mol. The molecule has 0 aliphatic carbocycles. The summed E-state index contributed by atoms with van der Waals surface area (Å²) in [7, 11) is 0. The van der Waals surface area contributed by atoms with E-state index in [9.17, 15) is 4.39 Å². The van der Waals surface area contributed by atoms with E-state index in [1.54, 1.807) is 35.2 Å². The van der Waals surface area contributed by atoms with Gasteiger partial charge in [0.2, 0.25) is 0 Å². The number of thiazole rings is 1. The molecule has 1 saturated heterocycles. The summed E-state index contributed by atoms with van der Waals surface area (Å²) in [5, 5.41) is 7.88. The molecule has 0 amide bonds. The zero-order valence-corrected chi connectivity index (χ0v) is 17.0. The van der Waals surface area contributed by atoms with Crippen molar-refractivity contribution in [3.8, 4) is 0 Å². The fourth-order valence-corrected chi connectivity index (χ4v) is 5.75. The van der Waals surface area contributed by atoms with Gasteiger partial charge in [0.1, 0.15) is 10.6 Å². The Morgan fingerprint density at radius 3 is 2.96 bits per heavy atom. The smallest absolute Gasteiger partial charge is 0.148 e. The maximum Gasteiger partial charge on any atom is 0.148 e.